The largest absolute Gasteiger partial charge is 0.503 e. The van der Waals surface area contributed by atoms with Crippen LogP contribution < -0.4 is 10.3 Å². The van der Waals surface area contributed by atoms with Crippen LogP contribution >= 0.6 is 11.6 Å². The smallest absolute Gasteiger partial charge is 0.255 e. The van der Waals surface area contributed by atoms with Gasteiger partial charge in [-0.2, -0.15) is 0 Å². The van der Waals surface area contributed by atoms with Crippen molar-refractivity contribution < 1.29 is 9.84 Å². The molecule has 28 heavy (non-hydrogen) atoms. The van der Waals surface area contributed by atoms with Gasteiger partial charge in [0.1, 0.15) is 5.82 Å². The van der Waals surface area contributed by atoms with Crippen LogP contribution in [0.1, 0.15) is 16.8 Å². The summed E-state index contributed by atoms with van der Waals surface area (Å²) in [6.45, 7) is 1.84. The molecule has 0 amide bonds. The Morgan fingerprint density at radius 2 is 2.25 bits per heavy atom. The Balaban J connectivity index is 1.57. The minimum Gasteiger partial charge on any atom is -0.503 e. The van der Waals surface area contributed by atoms with E-state index in [2.05, 4.69) is 19.9 Å². The SMILES string of the molecule is COc1cc(CN2CCc3nc(-c4cccnc4)[nH]c(=O)c3C2)cc(Cl)c1O. The number of benzene rings is 1. The van der Waals surface area contributed by atoms with E-state index in [0.717, 1.165) is 23.4 Å². The summed E-state index contributed by atoms with van der Waals surface area (Å²) in [6, 6.07) is 7.15. The summed E-state index contributed by atoms with van der Waals surface area (Å²) in [6.07, 6.45) is 4.04. The van der Waals surface area contributed by atoms with E-state index < -0.39 is 0 Å². The zero-order valence-corrected chi connectivity index (χ0v) is 16.0. The lowest BCUT2D eigenvalue weighted by Crippen LogP contribution is -2.35. The molecule has 1 aliphatic rings. The molecule has 0 unspecified atom stereocenters. The first-order chi connectivity index (χ1) is 13.5. The van der Waals surface area contributed by atoms with Gasteiger partial charge in [0.15, 0.2) is 11.5 Å². The second kappa shape index (κ2) is 7.61. The highest BCUT2D eigenvalue weighted by atomic mass is 35.5. The van der Waals surface area contributed by atoms with E-state index in [1.807, 2.05) is 12.1 Å². The monoisotopic (exact) mass is 398 g/mol. The molecule has 0 spiro atoms. The third-order valence-electron chi connectivity index (χ3n) is 4.80. The van der Waals surface area contributed by atoms with Gasteiger partial charge in [0.2, 0.25) is 0 Å². The molecular formula is C20H19ClN4O3. The molecule has 0 saturated carbocycles. The molecule has 3 heterocycles. The Morgan fingerprint density at radius 1 is 1.39 bits per heavy atom. The van der Waals surface area contributed by atoms with Gasteiger partial charge in [-0.15, -0.1) is 0 Å². The minimum absolute atomic E-state index is 0.0690. The number of ether oxygens (including phenoxy) is 1. The molecule has 1 aliphatic heterocycles. The summed E-state index contributed by atoms with van der Waals surface area (Å²) >= 11 is 6.08. The van der Waals surface area contributed by atoms with Crippen molar-refractivity contribution in [3.63, 3.8) is 0 Å². The lowest BCUT2D eigenvalue weighted by Gasteiger charge is -2.28. The zero-order chi connectivity index (χ0) is 19.7. The summed E-state index contributed by atoms with van der Waals surface area (Å²) in [7, 11) is 1.48. The van der Waals surface area contributed by atoms with Crippen LogP contribution in [0.2, 0.25) is 5.02 Å². The Bertz CT molecular complexity index is 1070. The van der Waals surface area contributed by atoms with Crippen LogP contribution in [-0.2, 0) is 19.5 Å². The number of halogens is 1. The molecule has 0 bridgehead atoms. The van der Waals surface area contributed by atoms with Crippen LogP contribution in [0.25, 0.3) is 11.4 Å². The van der Waals surface area contributed by atoms with Gasteiger partial charge >= 0.3 is 0 Å². The molecule has 0 saturated heterocycles. The Hall–Kier alpha value is -2.90. The molecule has 7 nitrogen and oxygen atoms in total. The van der Waals surface area contributed by atoms with Crippen molar-refractivity contribution in [1.29, 1.82) is 0 Å². The molecule has 4 rings (SSSR count). The second-order valence-corrected chi connectivity index (χ2v) is 7.08. The van der Waals surface area contributed by atoms with Crippen molar-refractivity contribution in [3.8, 4) is 22.9 Å². The van der Waals surface area contributed by atoms with Crippen molar-refractivity contribution in [2.45, 2.75) is 19.5 Å². The number of phenols is 1. The van der Waals surface area contributed by atoms with Gasteiger partial charge < -0.3 is 14.8 Å². The summed E-state index contributed by atoms with van der Waals surface area (Å²) in [5, 5.41) is 10.1. The van der Waals surface area contributed by atoms with Crippen LogP contribution in [0.5, 0.6) is 11.5 Å². The van der Waals surface area contributed by atoms with Crippen LogP contribution in [-0.4, -0.2) is 38.6 Å². The lowest BCUT2D eigenvalue weighted by atomic mass is 10.1. The predicted octanol–water partition coefficient (Wildman–Crippen LogP) is 2.76. The summed E-state index contributed by atoms with van der Waals surface area (Å²) in [4.78, 5) is 26.4. The first-order valence-electron chi connectivity index (χ1n) is 8.85. The van der Waals surface area contributed by atoms with Gasteiger partial charge in [0.05, 0.1) is 23.4 Å². The van der Waals surface area contributed by atoms with Crippen molar-refractivity contribution in [1.82, 2.24) is 19.9 Å². The Kier molecular flexibility index (Phi) is 5.02. The van der Waals surface area contributed by atoms with Gasteiger partial charge in [0, 0.05) is 44.0 Å². The summed E-state index contributed by atoms with van der Waals surface area (Å²) < 4.78 is 5.16. The molecule has 2 N–H and O–H groups in total. The third-order valence-corrected chi connectivity index (χ3v) is 5.09. The van der Waals surface area contributed by atoms with Crippen LogP contribution in [0.15, 0.2) is 41.5 Å². The molecule has 0 radical (unpaired) electrons. The van der Waals surface area contributed by atoms with E-state index in [0.29, 0.717) is 36.6 Å². The molecule has 0 aliphatic carbocycles. The predicted molar refractivity (Wildman–Crippen MR) is 106 cm³/mol. The molecule has 1 aromatic carbocycles. The maximum atomic E-state index is 12.6. The van der Waals surface area contributed by atoms with Gasteiger partial charge in [-0.05, 0) is 29.8 Å². The van der Waals surface area contributed by atoms with E-state index in [9.17, 15) is 9.90 Å². The number of aromatic hydroxyl groups is 1. The van der Waals surface area contributed by atoms with Gasteiger partial charge in [0.25, 0.3) is 5.56 Å². The molecule has 3 aromatic rings. The van der Waals surface area contributed by atoms with Gasteiger partial charge in [-0.1, -0.05) is 11.6 Å². The number of nitrogens with zero attached hydrogens (tertiary/aromatic N) is 3. The summed E-state index contributed by atoms with van der Waals surface area (Å²) in [5.74, 6) is 0.807. The number of fused-ring (bicyclic) bond motifs is 1. The Morgan fingerprint density at radius 3 is 3.00 bits per heavy atom. The van der Waals surface area contributed by atoms with E-state index in [1.165, 1.54) is 7.11 Å². The number of hydrogen-bond acceptors (Lipinski definition) is 6. The molecular weight excluding hydrogens is 380 g/mol. The topological polar surface area (TPSA) is 91.3 Å². The fourth-order valence-electron chi connectivity index (χ4n) is 3.39. The van der Waals surface area contributed by atoms with Crippen LogP contribution in [0.3, 0.4) is 0 Å². The third kappa shape index (κ3) is 3.58. The highest BCUT2D eigenvalue weighted by Crippen LogP contribution is 2.35. The molecule has 2 aromatic heterocycles. The lowest BCUT2D eigenvalue weighted by molar-refractivity contribution is 0.241. The van der Waals surface area contributed by atoms with Crippen LogP contribution in [0, 0.1) is 0 Å². The van der Waals surface area contributed by atoms with Crippen molar-refractivity contribution in [3.05, 3.63) is 68.9 Å². The number of hydrogen-bond donors (Lipinski definition) is 2. The first kappa shape index (κ1) is 18.5. The van der Waals surface area contributed by atoms with E-state index in [1.54, 1.807) is 24.5 Å². The molecule has 0 atom stereocenters. The number of phenolic OH excluding ortho intramolecular Hbond substituents is 1. The standard InChI is InChI=1S/C20H19ClN4O3/c1-28-17-8-12(7-15(21)18(17)26)10-25-6-4-16-14(11-25)20(27)24-19(23-16)13-3-2-5-22-9-13/h2-3,5,7-9,26H,4,6,10-11H2,1H3,(H,23,24,27). The maximum Gasteiger partial charge on any atom is 0.255 e. The average molecular weight is 399 g/mol. The van der Waals surface area contributed by atoms with Crippen molar-refractivity contribution in [2.24, 2.45) is 0 Å². The maximum absolute atomic E-state index is 12.6. The van der Waals surface area contributed by atoms with Crippen molar-refractivity contribution >= 4 is 11.6 Å². The second-order valence-electron chi connectivity index (χ2n) is 6.67. The quantitative estimate of drug-likeness (QED) is 0.702. The minimum atomic E-state index is -0.130. The summed E-state index contributed by atoms with van der Waals surface area (Å²) in [5.41, 5.74) is 3.06. The molecule has 0 fully saturated rings. The van der Waals surface area contributed by atoms with E-state index >= 15 is 0 Å². The normalized spacial score (nSPS) is 13.9. The van der Waals surface area contributed by atoms with Crippen molar-refractivity contribution in [2.75, 3.05) is 13.7 Å². The highest BCUT2D eigenvalue weighted by molar-refractivity contribution is 6.32. The molecule has 144 valence electrons. The number of aromatic nitrogens is 3. The number of aromatic amines is 1. The number of rotatable bonds is 4. The van der Waals surface area contributed by atoms with E-state index in [4.69, 9.17) is 16.3 Å². The first-order valence-corrected chi connectivity index (χ1v) is 9.23. The number of nitrogens with one attached hydrogen (secondary N) is 1. The number of H-pyrrole nitrogens is 1. The van der Waals surface area contributed by atoms with Gasteiger partial charge in [-0.25, -0.2) is 4.98 Å². The Labute approximate surface area is 166 Å². The average Bonchev–Trinajstić information content (AvgIpc) is 2.71. The fourth-order valence-corrected chi connectivity index (χ4v) is 3.62. The number of methoxy groups -OCH3 is 1. The van der Waals surface area contributed by atoms with E-state index in [-0.39, 0.29) is 16.3 Å². The highest BCUT2D eigenvalue weighted by Gasteiger charge is 2.22. The zero-order valence-electron chi connectivity index (χ0n) is 15.3. The fraction of sp³-hybridized carbons (Fsp3) is 0.250. The van der Waals surface area contributed by atoms with Gasteiger partial charge in [-0.3, -0.25) is 14.7 Å². The molecule has 8 heteroatoms. The number of pyridine rings is 1. The van der Waals surface area contributed by atoms with Crippen LogP contribution in [0.4, 0.5) is 0 Å².